The molecule has 2 atom stereocenters. The van der Waals surface area contributed by atoms with Crippen molar-refractivity contribution in [3.8, 4) is 0 Å². The third-order valence-corrected chi connectivity index (χ3v) is 5.68. The van der Waals surface area contributed by atoms with Gasteiger partial charge in [0, 0.05) is 25.2 Å². The van der Waals surface area contributed by atoms with Crippen molar-refractivity contribution in [2.24, 2.45) is 13.0 Å². The van der Waals surface area contributed by atoms with Gasteiger partial charge in [-0.05, 0) is 55.6 Å². The van der Waals surface area contributed by atoms with Crippen LogP contribution in [0.2, 0.25) is 0 Å². The molecule has 0 spiro atoms. The van der Waals surface area contributed by atoms with Gasteiger partial charge in [-0.25, -0.2) is 0 Å². The van der Waals surface area contributed by atoms with E-state index in [4.69, 9.17) is 12.2 Å². The van der Waals surface area contributed by atoms with Crippen LogP contribution in [0.15, 0.2) is 23.0 Å². The van der Waals surface area contributed by atoms with Crippen LogP contribution in [-0.2, 0) is 7.05 Å². The Hall–Kier alpha value is -1.95. The fraction of sp³-hybridized carbons (Fsp3) is 0.526. The van der Waals surface area contributed by atoms with E-state index in [-0.39, 0.29) is 11.5 Å². The summed E-state index contributed by atoms with van der Waals surface area (Å²) in [6.45, 7) is 5.20. The first-order valence-electron chi connectivity index (χ1n) is 8.98. The van der Waals surface area contributed by atoms with Crippen LogP contribution >= 0.6 is 12.2 Å². The van der Waals surface area contributed by atoms with Gasteiger partial charge in [0.05, 0.1) is 10.9 Å². The molecule has 134 valence electrons. The maximum Gasteiger partial charge on any atom is 0.261 e. The zero-order valence-corrected chi connectivity index (χ0v) is 15.9. The van der Waals surface area contributed by atoms with E-state index in [0.29, 0.717) is 33.2 Å². The van der Waals surface area contributed by atoms with Crippen LogP contribution in [0.25, 0.3) is 10.9 Å². The zero-order valence-electron chi connectivity index (χ0n) is 15.0. The maximum atomic E-state index is 13.1. The molecule has 1 fully saturated rings. The number of aromatic nitrogens is 2. The number of nitrogens with one attached hydrogen (secondary N) is 1. The van der Waals surface area contributed by atoms with Gasteiger partial charge in [-0.15, -0.1) is 0 Å². The lowest BCUT2D eigenvalue weighted by Gasteiger charge is -2.40. The van der Waals surface area contributed by atoms with Crippen molar-refractivity contribution in [2.45, 2.75) is 45.6 Å². The van der Waals surface area contributed by atoms with Crippen molar-refractivity contribution < 1.29 is 4.79 Å². The summed E-state index contributed by atoms with van der Waals surface area (Å²) < 4.78 is 1.76. The Balaban J connectivity index is 2.00. The molecular formula is C19H25N3O2S. The van der Waals surface area contributed by atoms with E-state index in [9.17, 15) is 9.59 Å². The molecule has 1 saturated heterocycles. The van der Waals surface area contributed by atoms with Crippen molar-refractivity contribution in [1.82, 2.24) is 14.5 Å². The van der Waals surface area contributed by atoms with E-state index in [1.54, 1.807) is 25.2 Å². The number of benzene rings is 1. The molecule has 25 heavy (non-hydrogen) atoms. The number of piperidine rings is 1. The third-order valence-electron chi connectivity index (χ3n) is 5.31. The Kier molecular flexibility index (Phi) is 5.08. The van der Waals surface area contributed by atoms with Crippen LogP contribution < -0.4 is 5.56 Å². The number of nitrogens with zero attached hydrogens (tertiary/aromatic N) is 2. The predicted molar refractivity (Wildman–Crippen MR) is 103 cm³/mol. The number of carbonyl (C=O) groups excluding carboxylic acids is 1. The summed E-state index contributed by atoms with van der Waals surface area (Å²) in [6, 6.07) is 5.53. The van der Waals surface area contributed by atoms with Crippen molar-refractivity contribution in [1.29, 1.82) is 0 Å². The number of hydrogen-bond donors (Lipinski definition) is 1. The lowest BCUT2D eigenvalue weighted by atomic mass is 9.87. The highest BCUT2D eigenvalue weighted by atomic mass is 32.1. The largest absolute Gasteiger partial charge is 0.335 e. The first-order chi connectivity index (χ1) is 11.9. The molecular weight excluding hydrogens is 334 g/mol. The lowest BCUT2D eigenvalue weighted by Crippen LogP contribution is -2.47. The van der Waals surface area contributed by atoms with E-state index < -0.39 is 0 Å². The summed E-state index contributed by atoms with van der Waals surface area (Å²) in [7, 11) is 1.64. The topological polar surface area (TPSA) is 58.1 Å². The zero-order chi connectivity index (χ0) is 18.1. The smallest absolute Gasteiger partial charge is 0.261 e. The number of carbonyl (C=O) groups is 1. The number of aromatic amines is 1. The molecule has 0 saturated carbocycles. The standard InChI is InChI=1S/C19H25N3O2S/c1-4-6-16-12(2)7-5-10-22(16)17(23)13-8-9-14-15(11-13)20-19(25)21(3)18(14)24/h8-9,11-12,16H,4-7,10H2,1-3H3,(H,20,25)/t12-,16-/m1/s1. The van der Waals surface area contributed by atoms with Crippen LogP contribution in [-0.4, -0.2) is 32.9 Å². The maximum absolute atomic E-state index is 13.1. The van der Waals surface area contributed by atoms with Crippen LogP contribution in [0.5, 0.6) is 0 Å². The number of fused-ring (bicyclic) bond motifs is 1. The second-order valence-corrected chi connectivity index (χ2v) is 7.42. The molecule has 2 heterocycles. The fourth-order valence-electron chi connectivity index (χ4n) is 3.84. The summed E-state index contributed by atoms with van der Waals surface area (Å²) in [6.07, 6.45) is 4.32. The van der Waals surface area contributed by atoms with Crippen LogP contribution in [0.4, 0.5) is 0 Å². The average molecular weight is 359 g/mol. The van der Waals surface area contributed by atoms with Gasteiger partial charge in [0.1, 0.15) is 0 Å². The molecule has 1 aromatic heterocycles. The van der Waals surface area contributed by atoms with Gasteiger partial charge in [0.15, 0.2) is 4.77 Å². The number of amides is 1. The number of H-pyrrole nitrogens is 1. The van der Waals surface area contributed by atoms with E-state index in [1.165, 1.54) is 11.0 Å². The lowest BCUT2D eigenvalue weighted by molar-refractivity contribution is 0.0498. The van der Waals surface area contributed by atoms with Gasteiger partial charge in [-0.2, -0.15) is 0 Å². The Labute approximate surface area is 152 Å². The van der Waals surface area contributed by atoms with Crippen molar-refractivity contribution >= 4 is 29.0 Å². The van der Waals surface area contributed by atoms with Crippen LogP contribution in [0.3, 0.4) is 0 Å². The highest BCUT2D eigenvalue weighted by Crippen LogP contribution is 2.28. The Morgan fingerprint density at radius 2 is 2.16 bits per heavy atom. The number of hydrogen-bond acceptors (Lipinski definition) is 3. The summed E-state index contributed by atoms with van der Waals surface area (Å²) in [4.78, 5) is 30.5. The van der Waals surface area contributed by atoms with Crippen molar-refractivity contribution in [2.75, 3.05) is 6.54 Å². The van der Waals surface area contributed by atoms with Crippen molar-refractivity contribution in [3.05, 3.63) is 38.9 Å². The van der Waals surface area contributed by atoms with Gasteiger partial charge >= 0.3 is 0 Å². The second-order valence-electron chi connectivity index (χ2n) is 7.03. The summed E-state index contributed by atoms with van der Waals surface area (Å²) >= 11 is 5.18. The molecule has 5 nitrogen and oxygen atoms in total. The average Bonchev–Trinajstić information content (AvgIpc) is 2.60. The second kappa shape index (κ2) is 7.12. The van der Waals surface area contributed by atoms with Crippen LogP contribution in [0, 0.1) is 10.7 Å². The SMILES string of the molecule is CCC[C@@H]1[C@H](C)CCCN1C(=O)c1ccc2c(=O)n(C)c(=S)[nH]c2c1. The quantitative estimate of drug-likeness (QED) is 0.851. The molecule has 1 amide bonds. The molecule has 0 unspecified atom stereocenters. The number of likely N-dealkylation sites (tertiary alicyclic amines) is 1. The monoisotopic (exact) mass is 359 g/mol. The molecule has 2 aromatic rings. The minimum absolute atomic E-state index is 0.0481. The minimum atomic E-state index is -0.145. The van der Waals surface area contributed by atoms with E-state index in [0.717, 1.165) is 25.8 Å². The van der Waals surface area contributed by atoms with Gasteiger partial charge < -0.3 is 9.88 Å². The first kappa shape index (κ1) is 17.9. The van der Waals surface area contributed by atoms with Gasteiger partial charge in [-0.1, -0.05) is 20.3 Å². The molecule has 0 aliphatic carbocycles. The predicted octanol–water partition coefficient (Wildman–Crippen LogP) is 3.64. The molecule has 1 aromatic carbocycles. The summed E-state index contributed by atoms with van der Waals surface area (Å²) in [5.74, 6) is 0.572. The molecule has 1 aliphatic heterocycles. The van der Waals surface area contributed by atoms with E-state index in [2.05, 4.69) is 18.8 Å². The van der Waals surface area contributed by atoms with Gasteiger partial charge in [-0.3, -0.25) is 14.2 Å². The first-order valence-corrected chi connectivity index (χ1v) is 9.39. The summed E-state index contributed by atoms with van der Waals surface area (Å²) in [5.41, 5.74) is 1.09. The normalized spacial score (nSPS) is 20.8. The molecule has 0 radical (unpaired) electrons. The molecule has 1 aliphatic rings. The molecule has 6 heteroatoms. The fourth-order valence-corrected chi connectivity index (χ4v) is 4.04. The third kappa shape index (κ3) is 3.27. The van der Waals surface area contributed by atoms with E-state index >= 15 is 0 Å². The summed E-state index contributed by atoms with van der Waals surface area (Å²) in [5, 5.41) is 0.546. The highest BCUT2D eigenvalue weighted by Gasteiger charge is 2.31. The minimum Gasteiger partial charge on any atom is -0.335 e. The Morgan fingerprint density at radius 1 is 1.40 bits per heavy atom. The molecule has 3 rings (SSSR count). The van der Waals surface area contributed by atoms with Crippen molar-refractivity contribution in [3.63, 3.8) is 0 Å². The number of rotatable bonds is 3. The van der Waals surface area contributed by atoms with E-state index in [1.807, 2.05) is 4.90 Å². The molecule has 0 bridgehead atoms. The van der Waals surface area contributed by atoms with Gasteiger partial charge in [0.2, 0.25) is 0 Å². The van der Waals surface area contributed by atoms with Crippen LogP contribution in [0.1, 0.15) is 49.9 Å². The Morgan fingerprint density at radius 3 is 2.88 bits per heavy atom. The molecule has 1 N–H and O–H groups in total. The Bertz CT molecular complexity index is 915. The highest BCUT2D eigenvalue weighted by molar-refractivity contribution is 7.71. The van der Waals surface area contributed by atoms with Gasteiger partial charge in [0.25, 0.3) is 11.5 Å².